The predicted octanol–water partition coefficient (Wildman–Crippen LogP) is 3.48. The smallest absolute Gasteiger partial charge is 0.253 e. The Labute approximate surface area is 109 Å². The molecule has 0 saturated carbocycles. The zero-order valence-electron chi connectivity index (χ0n) is 11.2. The molecule has 0 spiro atoms. The van der Waals surface area contributed by atoms with Gasteiger partial charge >= 0.3 is 0 Å². The molecule has 1 atom stereocenters. The lowest BCUT2D eigenvalue weighted by atomic mass is 9.87. The van der Waals surface area contributed by atoms with Crippen LogP contribution in [0.2, 0.25) is 0 Å². The standard InChI is InChI=1S/C14H21NOS/c1-10(14(2,3)4)15(5)13(16)11-6-8-12(17)9-7-11/h6-10,17H,1-5H3. The summed E-state index contributed by atoms with van der Waals surface area (Å²) in [6, 6.07) is 7.50. The minimum atomic E-state index is 0.0563. The maximum absolute atomic E-state index is 12.2. The van der Waals surface area contributed by atoms with Gasteiger partial charge in [0.05, 0.1) is 0 Å². The Bertz CT molecular complexity index is 392. The molecule has 1 unspecified atom stereocenters. The van der Waals surface area contributed by atoms with Crippen LogP contribution < -0.4 is 0 Å². The fourth-order valence-electron chi connectivity index (χ4n) is 1.56. The summed E-state index contributed by atoms with van der Waals surface area (Å²) in [5, 5.41) is 0. The zero-order valence-corrected chi connectivity index (χ0v) is 12.1. The minimum Gasteiger partial charge on any atom is -0.338 e. The highest BCUT2D eigenvalue weighted by atomic mass is 32.1. The molecule has 1 amide bonds. The van der Waals surface area contributed by atoms with Gasteiger partial charge in [0.2, 0.25) is 0 Å². The molecular weight excluding hydrogens is 230 g/mol. The van der Waals surface area contributed by atoms with Crippen molar-refractivity contribution in [3.8, 4) is 0 Å². The van der Waals surface area contributed by atoms with Crippen molar-refractivity contribution in [1.82, 2.24) is 4.90 Å². The quantitative estimate of drug-likeness (QED) is 0.798. The summed E-state index contributed by atoms with van der Waals surface area (Å²) in [6.07, 6.45) is 0. The first-order valence-electron chi connectivity index (χ1n) is 5.79. The van der Waals surface area contributed by atoms with E-state index < -0.39 is 0 Å². The van der Waals surface area contributed by atoms with Crippen LogP contribution in [0, 0.1) is 5.41 Å². The summed E-state index contributed by atoms with van der Waals surface area (Å²) in [4.78, 5) is 14.9. The van der Waals surface area contributed by atoms with Gasteiger partial charge in [0.1, 0.15) is 0 Å². The first-order chi connectivity index (χ1) is 7.73. The van der Waals surface area contributed by atoms with E-state index >= 15 is 0 Å². The number of rotatable bonds is 2. The first-order valence-corrected chi connectivity index (χ1v) is 6.24. The molecule has 1 aromatic carbocycles. The van der Waals surface area contributed by atoms with E-state index in [2.05, 4.69) is 40.3 Å². The lowest BCUT2D eigenvalue weighted by Gasteiger charge is -2.35. The zero-order chi connectivity index (χ0) is 13.2. The highest BCUT2D eigenvalue weighted by Crippen LogP contribution is 2.24. The molecule has 0 N–H and O–H groups in total. The lowest BCUT2D eigenvalue weighted by Crippen LogP contribution is -2.42. The third-order valence-electron chi connectivity index (χ3n) is 3.27. The van der Waals surface area contributed by atoms with Crippen LogP contribution in [0.1, 0.15) is 38.1 Å². The van der Waals surface area contributed by atoms with Gasteiger partial charge in [0, 0.05) is 23.5 Å². The Hall–Kier alpha value is -0.960. The number of hydrogen-bond donors (Lipinski definition) is 1. The summed E-state index contributed by atoms with van der Waals surface area (Å²) >= 11 is 4.21. The van der Waals surface area contributed by atoms with Crippen LogP contribution >= 0.6 is 12.6 Å². The van der Waals surface area contributed by atoms with Gasteiger partial charge in [0.15, 0.2) is 0 Å². The van der Waals surface area contributed by atoms with E-state index in [0.29, 0.717) is 5.56 Å². The van der Waals surface area contributed by atoms with Gasteiger partial charge in [0.25, 0.3) is 5.91 Å². The van der Waals surface area contributed by atoms with Crippen molar-refractivity contribution in [2.24, 2.45) is 5.41 Å². The fourth-order valence-corrected chi connectivity index (χ4v) is 1.71. The van der Waals surface area contributed by atoms with E-state index in [-0.39, 0.29) is 17.4 Å². The third kappa shape index (κ3) is 3.50. The van der Waals surface area contributed by atoms with Crippen LogP contribution in [0.5, 0.6) is 0 Å². The molecule has 0 radical (unpaired) electrons. The summed E-state index contributed by atoms with van der Waals surface area (Å²) < 4.78 is 0. The van der Waals surface area contributed by atoms with Gasteiger partial charge in [-0.3, -0.25) is 4.79 Å². The Balaban J connectivity index is 2.87. The van der Waals surface area contributed by atoms with Crippen molar-refractivity contribution in [3.05, 3.63) is 29.8 Å². The minimum absolute atomic E-state index is 0.0563. The fraction of sp³-hybridized carbons (Fsp3) is 0.500. The molecule has 2 nitrogen and oxygen atoms in total. The van der Waals surface area contributed by atoms with Crippen LogP contribution in [0.3, 0.4) is 0 Å². The molecule has 94 valence electrons. The second-order valence-corrected chi connectivity index (χ2v) is 6.02. The molecule has 1 aromatic rings. The van der Waals surface area contributed by atoms with Crippen molar-refractivity contribution >= 4 is 18.5 Å². The van der Waals surface area contributed by atoms with E-state index in [9.17, 15) is 4.79 Å². The number of carbonyl (C=O) groups is 1. The van der Waals surface area contributed by atoms with Gasteiger partial charge in [-0.2, -0.15) is 0 Å². The molecule has 0 aromatic heterocycles. The molecule has 0 bridgehead atoms. The summed E-state index contributed by atoms with van der Waals surface area (Å²) in [5.74, 6) is 0.0563. The predicted molar refractivity (Wildman–Crippen MR) is 74.7 cm³/mol. The Morgan fingerprint density at radius 2 is 1.71 bits per heavy atom. The molecule has 0 heterocycles. The molecule has 0 aliphatic heterocycles. The van der Waals surface area contributed by atoms with Crippen LogP contribution in [0.15, 0.2) is 29.2 Å². The molecule has 0 aliphatic rings. The molecule has 1 rings (SSSR count). The number of benzene rings is 1. The normalized spacial score (nSPS) is 13.3. The number of hydrogen-bond acceptors (Lipinski definition) is 2. The maximum atomic E-state index is 12.2. The van der Waals surface area contributed by atoms with Crippen molar-refractivity contribution in [1.29, 1.82) is 0 Å². The molecule has 17 heavy (non-hydrogen) atoms. The van der Waals surface area contributed by atoms with Gasteiger partial charge in [-0.05, 0) is 36.6 Å². The van der Waals surface area contributed by atoms with Crippen molar-refractivity contribution in [3.63, 3.8) is 0 Å². The first kappa shape index (κ1) is 14.1. The van der Waals surface area contributed by atoms with Crippen molar-refractivity contribution < 1.29 is 4.79 Å². The van der Waals surface area contributed by atoms with Crippen LogP contribution in [-0.4, -0.2) is 23.9 Å². The van der Waals surface area contributed by atoms with E-state index in [4.69, 9.17) is 0 Å². The molecule has 0 fully saturated rings. The maximum Gasteiger partial charge on any atom is 0.253 e. The average molecular weight is 251 g/mol. The molecular formula is C14H21NOS. The Morgan fingerprint density at radius 3 is 2.12 bits per heavy atom. The van der Waals surface area contributed by atoms with E-state index in [0.717, 1.165) is 4.90 Å². The highest BCUT2D eigenvalue weighted by Gasteiger charge is 2.27. The number of nitrogens with zero attached hydrogens (tertiary/aromatic N) is 1. The SMILES string of the molecule is CC(N(C)C(=O)c1ccc(S)cc1)C(C)(C)C. The molecule has 3 heteroatoms. The highest BCUT2D eigenvalue weighted by molar-refractivity contribution is 7.80. The van der Waals surface area contributed by atoms with Gasteiger partial charge < -0.3 is 4.90 Å². The van der Waals surface area contributed by atoms with Gasteiger partial charge in [-0.15, -0.1) is 12.6 Å². The van der Waals surface area contributed by atoms with Crippen LogP contribution in [-0.2, 0) is 0 Å². The van der Waals surface area contributed by atoms with Crippen LogP contribution in [0.25, 0.3) is 0 Å². The third-order valence-corrected chi connectivity index (χ3v) is 3.57. The van der Waals surface area contributed by atoms with Crippen molar-refractivity contribution in [2.75, 3.05) is 7.05 Å². The summed E-state index contributed by atoms with van der Waals surface area (Å²) in [5.41, 5.74) is 0.787. The van der Waals surface area contributed by atoms with E-state index in [1.165, 1.54) is 0 Å². The second-order valence-electron chi connectivity index (χ2n) is 5.50. The van der Waals surface area contributed by atoms with Crippen LogP contribution in [0.4, 0.5) is 0 Å². The summed E-state index contributed by atoms with van der Waals surface area (Å²) in [7, 11) is 1.85. The summed E-state index contributed by atoms with van der Waals surface area (Å²) in [6.45, 7) is 8.49. The topological polar surface area (TPSA) is 20.3 Å². The number of amides is 1. The Kier molecular flexibility index (Phi) is 4.26. The van der Waals surface area contributed by atoms with E-state index in [1.807, 2.05) is 31.3 Å². The Morgan fingerprint density at radius 1 is 1.24 bits per heavy atom. The number of thiol groups is 1. The monoisotopic (exact) mass is 251 g/mol. The number of carbonyl (C=O) groups excluding carboxylic acids is 1. The average Bonchev–Trinajstić information content (AvgIpc) is 2.26. The van der Waals surface area contributed by atoms with Gasteiger partial charge in [-0.25, -0.2) is 0 Å². The van der Waals surface area contributed by atoms with Gasteiger partial charge in [-0.1, -0.05) is 20.8 Å². The molecule has 0 aliphatic carbocycles. The lowest BCUT2D eigenvalue weighted by molar-refractivity contribution is 0.0629. The second kappa shape index (κ2) is 5.13. The van der Waals surface area contributed by atoms with Crippen molar-refractivity contribution in [2.45, 2.75) is 38.6 Å². The van der Waals surface area contributed by atoms with E-state index in [1.54, 1.807) is 4.90 Å². The molecule has 0 saturated heterocycles. The largest absolute Gasteiger partial charge is 0.338 e.